The fourth-order valence-electron chi connectivity index (χ4n) is 2.90. The van der Waals surface area contributed by atoms with Crippen LogP contribution in [0.25, 0.3) is 0 Å². The summed E-state index contributed by atoms with van der Waals surface area (Å²) in [6.45, 7) is 5.22. The van der Waals surface area contributed by atoms with Crippen molar-refractivity contribution in [3.05, 3.63) is 41.5 Å². The van der Waals surface area contributed by atoms with Crippen LogP contribution in [0.1, 0.15) is 63.2 Å². The average Bonchev–Trinajstić information content (AvgIpc) is 2.62. The number of Topliss-reactive ketones (excluding diaryl/α,β-unsaturated/α-hetero) is 1. The SMILES string of the molecule is CC(=O)c1cccc(NC(=O)C(C)(C)C(=O)NCCC2=CCCCC2)c1. The fraction of sp³-hybridized carbons (Fsp3) is 0.476. The van der Waals surface area contributed by atoms with Gasteiger partial charge in [0.25, 0.3) is 0 Å². The molecule has 1 aliphatic rings. The van der Waals surface area contributed by atoms with Gasteiger partial charge in [0.15, 0.2) is 5.78 Å². The Morgan fingerprint density at radius 2 is 1.88 bits per heavy atom. The van der Waals surface area contributed by atoms with Crippen molar-refractivity contribution in [2.75, 3.05) is 11.9 Å². The Morgan fingerprint density at radius 3 is 2.54 bits per heavy atom. The quantitative estimate of drug-likeness (QED) is 0.442. The minimum Gasteiger partial charge on any atom is -0.355 e. The lowest BCUT2D eigenvalue weighted by Crippen LogP contribution is -2.45. The molecule has 5 nitrogen and oxygen atoms in total. The smallest absolute Gasteiger partial charge is 0.239 e. The molecular weight excluding hydrogens is 328 g/mol. The zero-order valence-electron chi connectivity index (χ0n) is 15.9. The van der Waals surface area contributed by atoms with E-state index < -0.39 is 11.3 Å². The minimum absolute atomic E-state index is 0.0740. The number of amides is 2. The Balaban J connectivity index is 1.91. The van der Waals surface area contributed by atoms with Gasteiger partial charge in [-0.3, -0.25) is 14.4 Å². The molecule has 2 amide bonds. The average molecular weight is 356 g/mol. The second kappa shape index (κ2) is 8.79. The molecule has 0 fully saturated rings. The second-order valence-corrected chi connectivity index (χ2v) is 7.33. The number of benzene rings is 1. The van der Waals surface area contributed by atoms with Gasteiger partial charge >= 0.3 is 0 Å². The van der Waals surface area contributed by atoms with Crippen LogP contribution in [0.15, 0.2) is 35.9 Å². The highest BCUT2D eigenvalue weighted by Gasteiger charge is 2.35. The maximum Gasteiger partial charge on any atom is 0.239 e. The van der Waals surface area contributed by atoms with E-state index in [1.54, 1.807) is 38.1 Å². The highest BCUT2D eigenvalue weighted by atomic mass is 16.2. The molecule has 0 radical (unpaired) electrons. The predicted molar refractivity (Wildman–Crippen MR) is 103 cm³/mol. The van der Waals surface area contributed by atoms with Crippen molar-refractivity contribution in [3.8, 4) is 0 Å². The van der Waals surface area contributed by atoms with Crippen molar-refractivity contribution >= 4 is 23.3 Å². The molecule has 2 N–H and O–H groups in total. The van der Waals surface area contributed by atoms with Crippen LogP contribution < -0.4 is 10.6 Å². The molecule has 140 valence electrons. The zero-order chi connectivity index (χ0) is 19.2. The Morgan fingerprint density at radius 1 is 1.12 bits per heavy atom. The number of hydrogen-bond acceptors (Lipinski definition) is 3. The lowest BCUT2D eigenvalue weighted by atomic mass is 9.90. The van der Waals surface area contributed by atoms with Crippen molar-refractivity contribution < 1.29 is 14.4 Å². The van der Waals surface area contributed by atoms with E-state index in [-0.39, 0.29) is 11.7 Å². The predicted octanol–water partition coefficient (Wildman–Crippen LogP) is 3.86. The van der Waals surface area contributed by atoms with Gasteiger partial charge in [-0.1, -0.05) is 23.8 Å². The van der Waals surface area contributed by atoms with Crippen LogP contribution in [0.2, 0.25) is 0 Å². The molecule has 0 saturated carbocycles. The van der Waals surface area contributed by atoms with E-state index >= 15 is 0 Å². The third-order valence-corrected chi connectivity index (χ3v) is 4.78. The van der Waals surface area contributed by atoms with Gasteiger partial charge in [0.05, 0.1) is 0 Å². The van der Waals surface area contributed by atoms with Crippen molar-refractivity contribution in [3.63, 3.8) is 0 Å². The van der Waals surface area contributed by atoms with Gasteiger partial charge in [0.2, 0.25) is 11.8 Å². The maximum absolute atomic E-state index is 12.6. The van der Waals surface area contributed by atoms with E-state index in [4.69, 9.17) is 0 Å². The van der Waals surface area contributed by atoms with Gasteiger partial charge in [0, 0.05) is 17.8 Å². The number of rotatable bonds is 7. The number of carbonyl (C=O) groups excluding carboxylic acids is 3. The molecule has 26 heavy (non-hydrogen) atoms. The van der Waals surface area contributed by atoms with Crippen LogP contribution in [-0.2, 0) is 9.59 Å². The minimum atomic E-state index is -1.20. The maximum atomic E-state index is 12.6. The molecule has 1 aromatic carbocycles. The Labute approximate surface area is 155 Å². The number of ketones is 1. The number of anilines is 1. The first-order chi connectivity index (χ1) is 12.3. The molecule has 2 rings (SSSR count). The second-order valence-electron chi connectivity index (χ2n) is 7.33. The molecule has 5 heteroatoms. The molecule has 0 aromatic heterocycles. The summed E-state index contributed by atoms with van der Waals surface area (Å²) in [5.74, 6) is -0.767. The van der Waals surface area contributed by atoms with Crippen molar-refractivity contribution in [2.45, 2.75) is 52.9 Å². The molecule has 0 heterocycles. The summed E-state index contributed by atoms with van der Waals surface area (Å²) < 4.78 is 0. The molecule has 0 saturated heterocycles. The van der Waals surface area contributed by atoms with Crippen LogP contribution in [-0.4, -0.2) is 24.1 Å². The Kier molecular flexibility index (Phi) is 6.72. The first kappa shape index (κ1) is 19.9. The zero-order valence-corrected chi connectivity index (χ0v) is 15.9. The molecule has 0 bridgehead atoms. The molecule has 1 aliphatic carbocycles. The van der Waals surface area contributed by atoms with Crippen molar-refractivity contribution in [1.82, 2.24) is 5.32 Å². The number of carbonyl (C=O) groups is 3. The Bertz CT molecular complexity index is 720. The van der Waals surface area contributed by atoms with Crippen LogP contribution in [0.5, 0.6) is 0 Å². The van der Waals surface area contributed by atoms with Gasteiger partial charge in [-0.15, -0.1) is 0 Å². The largest absolute Gasteiger partial charge is 0.355 e. The van der Waals surface area contributed by atoms with Crippen molar-refractivity contribution in [2.24, 2.45) is 5.41 Å². The lowest BCUT2D eigenvalue weighted by Gasteiger charge is -2.23. The van der Waals surface area contributed by atoms with Crippen LogP contribution >= 0.6 is 0 Å². The summed E-state index contributed by atoms with van der Waals surface area (Å²) in [6, 6.07) is 6.71. The van der Waals surface area contributed by atoms with E-state index in [0.717, 1.165) is 19.3 Å². The molecule has 0 atom stereocenters. The van der Waals surface area contributed by atoms with Crippen molar-refractivity contribution in [1.29, 1.82) is 0 Å². The van der Waals surface area contributed by atoms with Crippen LogP contribution in [0, 0.1) is 5.41 Å². The summed E-state index contributed by atoms with van der Waals surface area (Å²) in [4.78, 5) is 36.5. The van der Waals surface area contributed by atoms with Gasteiger partial charge in [0.1, 0.15) is 5.41 Å². The van der Waals surface area contributed by atoms with Crippen LogP contribution in [0.4, 0.5) is 5.69 Å². The summed E-state index contributed by atoms with van der Waals surface area (Å²) in [7, 11) is 0. The van der Waals surface area contributed by atoms with Gasteiger partial charge < -0.3 is 10.6 Å². The molecule has 1 aromatic rings. The highest BCUT2D eigenvalue weighted by molar-refractivity contribution is 6.10. The van der Waals surface area contributed by atoms with E-state index in [1.165, 1.54) is 25.3 Å². The third-order valence-electron chi connectivity index (χ3n) is 4.78. The van der Waals surface area contributed by atoms with Gasteiger partial charge in [-0.2, -0.15) is 0 Å². The topological polar surface area (TPSA) is 75.3 Å². The lowest BCUT2D eigenvalue weighted by molar-refractivity contribution is -0.138. The first-order valence-electron chi connectivity index (χ1n) is 9.19. The normalized spacial score (nSPS) is 14.3. The summed E-state index contributed by atoms with van der Waals surface area (Å²) in [6.07, 6.45) is 7.78. The van der Waals surface area contributed by atoms with Gasteiger partial charge in [-0.25, -0.2) is 0 Å². The molecule has 0 unspecified atom stereocenters. The highest BCUT2D eigenvalue weighted by Crippen LogP contribution is 2.22. The van der Waals surface area contributed by atoms with E-state index in [2.05, 4.69) is 16.7 Å². The molecule has 0 spiro atoms. The number of nitrogens with one attached hydrogen (secondary N) is 2. The third kappa shape index (κ3) is 5.28. The van der Waals surface area contributed by atoms with E-state index in [1.807, 2.05) is 0 Å². The Hall–Kier alpha value is -2.43. The van der Waals surface area contributed by atoms with Crippen LogP contribution in [0.3, 0.4) is 0 Å². The summed E-state index contributed by atoms with van der Waals surface area (Å²) in [5, 5.41) is 5.61. The van der Waals surface area contributed by atoms with E-state index in [9.17, 15) is 14.4 Å². The molecular formula is C21H28N2O3. The fourth-order valence-corrected chi connectivity index (χ4v) is 2.90. The molecule has 0 aliphatic heterocycles. The van der Waals surface area contributed by atoms with E-state index in [0.29, 0.717) is 17.8 Å². The standard InChI is InChI=1S/C21H28N2O3/c1-15(24)17-10-7-11-18(14-17)23-20(26)21(2,3)19(25)22-13-12-16-8-5-4-6-9-16/h7-8,10-11,14H,4-6,9,12-13H2,1-3H3,(H,22,25)(H,23,26). The van der Waals surface area contributed by atoms with Gasteiger partial charge in [-0.05, 0) is 65.0 Å². The number of hydrogen-bond donors (Lipinski definition) is 2. The number of allylic oxidation sites excluding steroid dienone is 1. The summed E-state index contributed by atoms with van der Waals surface area (Å²) in [5.41, 5.74) is 1.22. The monoisotopic (exact) mass is 356 g/mol. The first-order valence-corrected chi connectivity index (χ1v) is 9.19. The summed E-state index contributed by atoms with van der Waals surface area (Å²) >= 11 is 0.